The van der Waals surface area contributed by atoms with Gasteiger partial charge in [-0.2, -0.15) is 0 Å². The summed E-state index contributed by atoms with van der Waals surface area (Å²) in [4.78, 5) is 0. The zero-order valence-corrected chi connectivity index (χ0v) is 13.0. The first kappa shape index (κ1) is 15.4. The Hall–Kier alpha value is -2.03. The smallest absolute Gasteiger partial charge is 0.165 e. The first-order valence-electron chi connectivity index (χ1n) is 7.07. The lowest BCUT2D eigenvalue weighted by Crippen LogP contribution is -2.11. The van der Waals surface area contributed by atoms with E-state index in [0.717, 1.165) is 5.69 Å². The SMILES string of the molecule is COc1cc(NCc2ccc(C(C)(C)C)cc2)ccc1F. The number of hydrogen-bond acceptors (Lipinski definition) is 2. The zero-order chi connectivity index (χ0) is 15.5. The van der Waals surface area contributed by atoms with Gasteiger partial charge in [-0.1, -0.05) is 45.0 Å². The molecule has 112 valence electrons. The van der Waals surface area contributed by atoms with Gasteiger partial charge in [-0.25, -0.2) is 4.39 Å². The largest absolute Gasteiger partial charge is 0.494 e. The lowest BCUT2D eigenvalue weighted by molar-refractivity contribution is 0.387. The number of ether oxygens (including phenoxy) is 1. The highest BCUT2D eigenvalue weighted by atomic mass is 19.1. The fourth-order valence-corrected chi connectivity index (χ4v) is 2.10. The summed E-state index contributed by atoms with van der Waals surface area (Å²) >= 11 is 0. The maximum absolute atomic E-state index is 13.3. The molecule has 0 atom stereocenters. The summed E-state index contributed by atoms with van der Waals surface area (Å²) < 4.78 is 18.3. The monoisotopic (exact) mass is 287 g/mol. The van der Waals surface area contributed by atoms with E-state index in [-0.39, 0.29) is 17.0 Å². The molecular weight excluding hydrogens is 265 g/mol. The molecule has 0 saturated heterocycles. The topological polar surface area (TPSA) is 21.3 Å². The Labute approximate surface area is 126 Å². The molecule has 0 bridgehead atoms. The summed E-state index contributed by atoms with van der Waals surface area (Å²) in [6.07, 6.45) is 0. The quantitative estimate of drug-likeness (QED) is 0.876. The van der Waals surface area contributed by atoms with E-state index in [1.165, 1.54) is 24.3 Å². The zero-order valence-electron chi connectivity index (χ0n) is 13.0. The van der Waals surface area contributed by atoms with Crippen LogP contribution in [-0.2, 0) is 12.0 Å². The van der Waals surface area contributed by atoms with E-state index in [9.17, 15) is 4.39 Å². The van der Waals surface area contributed by atoms with Crippen LogP contribution in [0.3, 0.4) is 0 Å². The molecule has 2 aromatic rings. The molecule has 0 unspecified atom stereocenters. The van der Waals surface area contributed by atoms with Crippen molar-refractivity contribution >= 4 is 5.69 Å². The van der Waals surface area contributed by atoms with E-state index in [2.05, 4.69) is 50.4 Å². The Kier molecular flexibility index (Phi) is 4.51. The molecule has 0 aliphatic rings. The average molecular weight is 287 g/mol. The van der Waals surface area contributed by atoms with Gasteiger partial charge in [0, 0.05) is 18.3 Å². The van der Waals surface area contributed by atoms with Gasteiger partial charge in [0.1, 0.15) is 0 Å². The van der Waals surface area contributed by atoms with Crippen LogP contribution >= 0.6 is 0 Å². The van der Waals surface area contributed by atoms with E-state index < -0.39 is 0 Å². The molecule has 1 N–H and O–H groups in total. The highest BCUT2D eigenvalue weighted by molar-refractivity contribution is 5.49. The Morgan fingerprint density at radius 1 is 1.05 bits per heavy atom. The third kappa shape index (κ3) is 3.97. The number of nitrogens with one attached hydrogen (secondary N) is 1. The van der Waals surface area contributed by atoms with Gasteiger partial charge in [-0.15, -0.1) is 0 Å². The first-order valence-corrected chi connectivity index (χ1v) is 7.07. The van der Waals surface area contributed by atoms with Crippen LogP contribution < -0.4 is 10.1 Å². The van der Waals surface area contributed by atoms with Crippen molar-refractivity contribution in [2.45, 2.75) is 32.7 Å². The number of halogens is 1. The van der Waals surface area contributed by atoms with Gasteiger partial charge in [0.15, 0.2) is 11.6 Å². The number of hydrogen-bond donors (Lipinski definition) is 1. The molecule has 0 radical (unpaired) electrons. The van der Waals surface area contributed by atoms with Crippen molar-refractivity contribution in [3.05, 3.63) is 59.4 Å². The van der Waals surface area contributed by atoms with Crippen molar-refractivity contribution in [3.63, 3.8) is 0 Å². The summed E-state index contributed by atoms with van der Waals surface area (Å²) in [7, 11) is 1.47. The molecule has 2 aromatic carbocycles. The van der Waals surface area contributed by atoms with Crippen LogP contribution in [0.1, 0.15) is 31.9 Å². The summed E-state index contributed by atoms with van der Waals surface area (Å²) in [6.45, 7) is 7.29. The Morgan fingerprint density at radius 3 is 2.29 bits per heavy atom. The van der Waals surface area contributed by atoms with Crippen LogP contribution in [0.2, 0.25) is 0 Å². The van der Waals surface area contributed by atoms with E-state index in [4.69, 9.17) is 4.74 Å². The van der Waals surface area contributed by atoms with Crippen LogP contribution in [-0.4, -0.2) is 7.11 Å². The molecule has 0 aromatic heterocycles. The molecule has 0 amide bonds. The van der Waals surface area contributed by atoms with Crippen molar-refractivity contribution in [1.29, 1.82) is 0 Å². The Bertz CT molecular complexity index is 600. The summed E-state index contributed by atoms with van der Waals surface area (Å²) in [6, 6.07) is 13.3. The molecule has 3 heteroatoms. The number of anilines is 1. The van der Waals surface area contributed by atoms with Gasteiger partial charge in [-0.3, -0.25) is 0 Å². The Morgan fingerprint density at radius 2 is 1.71 bits per heavy atom. The fourth-order valence-electron chi connectivity index (χ4n) is 2.10. The second kappa shape index (κ2) is 6.17. The normalized spacial score (nSPS) is 11.3. The molecule has 0 heterocycles. The lowest BCUT2D eigenvalue weighted by Gasteiger charge is -2.19. The predicted octanol–water partition coefficient (Wildman–Crippen LogP) is 4.74. The van der Waals surface area contributed by atoms with E-state index in [1.807, 2.05) is 0 Å². The second-order valence-corrected chi connectivity index (χ2v) is 6.15. The molecule has 0 fully saturated rings. The molecule has 0 spiro atoms. The van der Waals surface area contributed by atoms with Crippen molar-refractivity contribution in [2.24, 2.45) is 0 Å². The minimum absolute atomic E-state index is 0.163. The predicted molar refractivity (Wildman–Crippen MR) is 85.4 cm³/mol. The summed E-state index contributed by atoms with van der Waals surface area (Å²) in [5, 5.41) is 3.27. The molecule has 0 aliphatic carbocycles. The van der Waals surface area contributed by atoms with Crippen LogP contribution in [0, 0.1) is 5.82 Å². The van der Waals surface area contributed by atoms with Gasteiger partial charge in [0.2, 0.25) is 0 Å². The number of methoxy groups -OCH3 is 1. The molecule has 0 aliphatic heterocycles. The highest BCUT2D eigenvalue weighted by Gasteiger charge is 2.12. The van der Waals surface area contributed by atoms with Gasteiger partial charge in [0.05, 0.1) is 7.11 Å². The molecular formula is C18H22FNO. The number of benzene rings is 2. The Balaban J connectivity index is 2.03. The van der Waals surface area contributed by atoms with E-state index in [1.54, 1.807) is 12.1 Å². The van der Waals surface area contributed by atoms with Gasteiger partial charge in [-0.05, 0) is 28.7 Å². The third-order valence-corrected chi connectivity index (χ3v) is 3.47. The standard InChI is InChI=1S/C18H22FNO/c1-18(2,3)14-7-5-13(6-8-14)12-20-15-9-10-16(19)17(11-15)21-4/h5-11,20H,12H2,1-4H3. The molecule has 21 heavy (non-hydrogen) atoms. The second-order valence-electron chi connectivity index (χ2n) is 6.15. The first-order chi connectivity index (χ1) is 9.90. The van der Waals surface area contributed by atoms with Crippen molar-refractivity contribution < 1.29 is 9.13 Å². The number of rotatable bonds is 4. The van der Waals surface area contributed by atoms with Crippen LogP contribution in [0.4, 0.5) is 10.1 Å². The molecule has 2 rings (SSSR count). The van der Waals surface area contributed by atoms with Gasteiger partial charge < -0.3 is 10.1 Å². The summed E-state index contributed by atoms with van der Waals surface area (Å²) in [5.74, 6) is -0.0966. The van der Waals surface area contributed by atoms with Crippen molar-refractivity contribution in [3.8, 4) is 5.75 Å². The highest BCUT2D eigenvalue weighted by Crippen LogP contribution is 2.24. The van der Waals surface area contributed by atoms with Crippen molar-refractivity contribution in [2.75, 3.05) is 12.4 Å². The van der Waals surface area contributed by atoms with Crippen LogP contribution in [0.5, 0.6) is 5.75 Å². The average Bonchev–Trinajstić information content (AvgIpc) is 2.46. The van der Waals surface area contributed by atoms with Crippen molar-refractivity contribution in [1.82, 2.24) is 0 Å². The maximum Gasteiger partial charge on any atom is 0.165 e. The van der Waals surface area contributed by atoms with Gasteiger partial charge in [0.25, 0.3) is 0 Å². The van der Waals surface area contributed by atoms with E-state index in [0.29, 0.717) is 6.54 Å². The lowest BCUT2D eigenvalue weighted by atomic mass is 9.87. The van der Waals surface area contributed by atoms with E-state index >= 15 is 0 Å². The van der Waals surface area contributed by atoms with Crippen LogP contribution in [0.15, 0.2) is 42.5 Å². The summed E-state index contributed by atoms with van der Waals surface area (Å²) in [5.41, 5.74) is 3.50. The third-order valence-electron chi connectivity index (χ3n) is 3.47. The minimum Gasteiger partial charge on any atom is -0.494 e. The molecule has 2 nitrogen and oxygen atoms in total. The maximum atomic E-state index is 13.3. The fraction of sp³-hybridized carbons (Fsp3) is 0.333. The van der Waals surface area contributed by atoms with Gasteiger partial charge >= 0.3 is 0 Å². The van der Waals surface area contributed by atoms with Crippen LogP contribution in [0.25, 0.3) is 0 Å². The minimum atomic E-state index is -0.349. The molecule has 0 saturated carbocycles.